The topological polar surface area (TPSA) is 61.9 Å². The van der Waals surface area contributed by atoms with Gasteiger partial charge in [-0.3, -0.25) is 4.79 Å². The molecule has 0 fully saturated rings. The number of aromatic nitrogens is 3. The number of fused-ring (bicyclic) bond motifs is 1. The second kappa shape index (κ2) is 4.60. The summed E-state index contributed by atoms with van der Waals surface area (Å²) >= 11 is 0. The van der Waals surface area contributed by atoms with Crippen LogP contribution in [0.1, 0.15) is 28.9 Å². The minimum atomic E-state index is -0.0851. The smallest absolute Gasteiger partial charge is 0.280 e. The summed E-state index contributed by atoms with van der Waals surface area (Å²) in [7, 11) is 0. The van der Waals surface area contributed by atoms with Gasteiger partial charge in [-0.25, -0.2) is 0 Å². The quantitative estimate of drug-likeness (QED) is 0.829. The molecule has 1 N–H and O–H groups in total. The predicted octanol–water partition coefficient (Wildman–Crippen LogP) is 1.79. The number of carbonyl (C=O) groups excluding carboxylic acids is 1. The second-order valence-corrected chi connectivity index (χ2v) is 4.40. The van der Waals surface area contributed by atoms with Crippen molar-refractivity contribution in [3.05, 3.63) is 41.7 Å². The van der Waals surface area contributed by atoms with Gasteiger partial charge in [0.05, 0.1) is 6.20 Å². The Bertz CT molecular complexity index is 550. The van der Waals surface area contributed by atoms with Gasteiger partial charge < -0.3 is 4.90 Å². The first kappa shape index (κ1) is 11.0. The number of aromatic amines is 1. The Kier molecular flexibility index (Phi) is 2.80. The lowest BCUT2D eigenvalue weighted by atomic mass is 10.1. The SMILES string of the molecule is O=C(c1cn[nH]n1)N1CCCCc2ccccc21. The molecule has 0 saturated carbocycles. The summed E-state index contributed by atoms with van der Waals surface area (Å²) < 4.78 is 0. The molecule has 0 saturated heterocycles. The van der Waals surface area contributed by atoms with Crippen LogP contribution >= 0.6 is 0 Å². The molecule has 1 aliphatic heterocycles. The van der Waals surface area contributed by atoms with Crippen molar-refractivity contribution in [2.24, 2.45) is 0 Å². The van der Waals surface area contributed by atoms with E-state index in [1.807, 2.05) is 18.2 Å². The molecule has 0 aliphatic carbocycles. The van der Waals surface area contributed by atoms with E-state index in [4.69, 9.17) is 0 Å². The minimum absolute atomic E-state index is 0.0851. The number of nitrogens with one attached hydrogen (secondary N) is 1. The van der Waals surface area contributed by atoms with Crippen LogP contribution in [0.3, 0.4) is 0 Å². The number of nitrogens with zero attached hydrogens (tertiary/aromatic N) is 3. The summed E-state index contributed by atoms with van der Waals surface area (Å²) in [6, 6.07) is 8.07. The molecule has 0 spiro atoms. The van der Waals surface area contributed by atoms with Crippen LogP contribution in [0.2, 0.25) is 0 Å². The average Bonchev–Trinajstić information content (AvgIpc) is 2.85. The Morgan fingerprint density at radius 2 is 2.17 bits per heavy atom. The normalized spacial score (nSPS) is 15.0. The van der Waals surface area contributed by atoms with E-state index in [2.05, 4.69) is 21.5 Å². The molecule has 3 rings (SSSR count). The summed E-state index contributed by atoms with van der Waals surface area (Å²) in [6.45, 7) is 0.739. The van der Waals surface area contributed by atoms with E-state index in [-0.39, 0.29) is 5.91 Å². The van der Waals surface area contributed by atoms with Gasteiger partial charge in [0.1, 0.15) is 0 Å². The highest BCUT2D eigenvalue weighted by atomic mass is 16.2. The highest BCUT2D eigenvalue weighted by Crippen LogP contribution is 2.26. The number of amides is 1. The lowest BCUT2D eigenvalue weighted by Crippen LogP contribution is -2.32. The molecule has 0 bridgehead atoms. The van der Waals surface area contributed by atoms with Crippen LogP contribution < -0.4 is 4.90 Å². The standard InChI is InChI=1S/C13H14N4O/c18-13(11-9-14-16-15-11)17-8-4-3-6-10-5-1-2-7-12(10)17/h1-2,5,7,9H,3-4,6,8H2,(H,14,15,16). The van der Waals surface area contributed by atoms with E-state index in [9.17, 15) is 4.79 Å². The molecular formula is C13H14N4O. The van der Waals surface area contributed by atoms with Crippen LogP contribution in [0.25, 0.3) is 0 Å². The molecule has 1 aromatic heterocycles. The Morgan fingerprint density at radius 3 is 3.00 bits per heavy atom. The first-order valence-electron chi connectivity index (χ1n) is 6.12. The molecule has 2 heterocycles. The first-order chi connectivity index (χ1) is 8.86. The molecule has 0 atom stereocenters. The van der Waals surface area contributed by atoms with Gasteiger partial charge in [0, 0.05) is 12.2 Å². The van der Waals surface area contributed by atoms with Gasteiger partial charge in [0.2, 0.25) is 0 Å². The summed E-state index contributed by atoms with van der Waals surface area (Å²) in [5, 5.41) is 10.0. The van der Waals surface area contributed by atoms with Gasteiger partial charge in [-0.2, -0.15) is 15.4 Å². The largest absolute Gasteiger partial charge is 0.307 e. The number of benzene rings is 1. The van der Waals surface area contributed by atoms with E-state index in [1.165, 1.54) is 11.8 Å². The van der Waals surface area contributed by atoms with Crippen LogP contribution in [0.4, 0.5) is 5.69 Å². The summed E-state index contributed by atoms with van der Waals surface area (Å²) in [6.07, 6.45) is 4.62. The number of rotatable bonds is 1. The maximum Gasteiger partial charge on any atom is 0.280 e. The van der Waals surface area contributed by atoms with Crippen LogP contribution in [0, 0.1) is 0 Å². The van der Waals surface area contributed by atoms with Gasteiger partial charge in [-0.15, -0.1) is 0 Å². The van der Waals surface area contributed by atoms with E-state index < -0.39 is 0 Å². The van der Waals surface area contributed by atoms with E-state index in [0.717, 1.165) is 31.5 Å². The minimum Gasteiger partial charge on any atom is -0.307 e. The fraction of sp³-hybridized carbons (Fsp3) is 0.308. The van der Waals surface area contributed by atoms with Crippen LogP contribution in [-0.4, -0.2) is 27.9 Å². The fourth-order valence-corrected chi connectivity index (χ4v) is 2.35. The van der Waals surface area contributed by atoms with Crippen molar-refractivity contribution in [3.8, 4) is 0 Å². The van der Waals surface area contributed by atoms with Gasteiger partial charge >= 0.3 is 0 Å². The summed E-state index contributed by atoms with van der Waals surface area (Å²) in [4.78, 5) is 14.2. The van der Waals surface area contributed by atoms with Crippen molar-refractivity contribution >= 4 is 11.6 Å². The number of carbonyl (C=O) groups is 1. The molecule has 2 aromatic rings. The summed E-state index contributed by atoms with van der Waals surface area (Å²) in [5.74, 6) is -0.0851. The molecule has 1 aromatic carbocycles. The second-order valence-electron chi connectivity index (χ2n) is 4.40. The zero-order valence-corrected chi connectivity index (χ0v) is 9.97. The zero-order valence-electron chi connectivity index (χ0n) is 9.97. The molecule has 1 aliphatic rings. The number of anilines is 1. The molecule has 92 valence electrons. The zero-order chi connectivity index (χ0) is 12.4. The number of aryl methyl sites for hydroxylation is 1. The van der Waals surface area contributed by atoms with Crippen molar-refractivity contribution in [2.75, 3.05) is 11.4 Å². The van der Waals surface area contributed by atoms with E-state index >= 15 is 0 Å². The van der Waals surface area contributed by atoms with Gasteiger partial charge in [-0.05, 0) is 30.9 Å². The molecule has 18 heavy (non-hydrogen) atoms. The number of hydrogen-bond donors (Lipinski definition) is 1. The van der Waals surface area contributed by atoms with Crippen molar-refractivity contribution in [3.63, 3.8) is 0 Å². The van der Waals surface area contributed by atoms with Gasteiger partial charge in [-0.1, -0.05) is 18.2 Å². The van der Waals surface area contributed by atoms with Gasteiger partial charge in [0.25, 0.3) is 5.91 Å². The number of H-pyrrole nitrogens is 1. The van der Waals surface area contributed by atoms with Crippen molar-refractivity contribution in [1.82, 2.24) is 15.4 Å². The van der Waals surface area contributed by atoms with Crippen molar-refractivity contribution in [2.45, 2.75) is 19.3 Å². The Hall–Kier alpha value is -2.17. The Balaban J connectivity index is 1.99. The highest BCUT2D eigenvalue weighted by Gasteiger charge is 2.23. The lowest BCUT2D eigenvalue weighted by molar-refractivity contribution is 0.0982. The third-order valence-corrected chi connectivity index (χ3v) is 3.24. The molecule has 0 radical (unpaired) electrons. The maximum absolute atomic E-state index is 12.4. The van der Waals surface area contributed by atoms with Gasteiger partial charge in [0.15, 0.2) is 5.69 Å². The van der Waals surface area contributed by atoms with Crippen molar-refractivity contribution in [1.29, 1.82) is 0 Å². The van der Waals surface area contributed by atoms with Crippen LogP contribution in [0.15, 0.2) is 30.5 Å². The van der Waals surface area contributed by atoms with Crippen molar-refractivity contribution < 1.29 is 4.79 Å². The molecule has 0 unspecified atom stereocenters. The van der Waals surface area contributed by atoms with Crippen LogP contribution in [0.5, 0.6) is 0 Å². The average molecular weight is 242 g/mol. The van der Waals surface area contributed by atoms with Crippen LogP contribution in [-0.2, 0) is 6.42 Å². The predicted molar refractivity (Wildman–Crippen MR) is 67.4 cm³/mol. The van der Waals surface area contributed by atoms with E-state index in [0.29, 0.717) is 5.69 Å². The maximum atomic E-state index is 12.4. The molecule has 5 heteroatoms. The monoisotopic (exact) mass is 242 g/mol. The third-order valence-electron chi connectivity index (χ3n) is 3.24. The number of para-hydroxylation sites is 1. The molecule has 1 amide bonds. The third kappa shape index (κ3) is 1.88. The molecule has 5 nitrogen and oxygen atoms in total. The van der Waals surface area contributed by atoms with E-state index in [1.54, 1.807) is 4.90 Å². The fourth-order valence-electron chi connectivity index (χ4n) is 2.35. The summed E-state index contributed by atoms with van der Waals surface area (Å²) in [5.41, 5.74) is 2.60. The highest BCUT2D eigenvalue weighted by molar-refractivity contribution is 6.05. The lowest BCUT2D eigenvalue weighted by Gasteiger charge is -2.21. The number of hydrogen-bond acceptors (Lipinski definition) is 3. The molecular weight excluding hydrogens is 228 g/mol. The first-order valence-corrected chi connectivity index (χ1v) is 6.12. The Morgan fingerprint density at radius 1 is 1.28 bits per heavy atom. The Labute approximate surface area is 105 Å².